The lowest BCUT2D eigenvalue weighted by Gasteiger charge is -2.28. The Morgan fingerprint density at radius 2 is 1.78 bits per heavy atom. The van der Waals surface area contributed by atoms with Crippen LogP contribution in [0.15, 0.2) is 40.8 Å². The summed E-state index contributed by atoms with van der Waals surface area (Å²) in [5.41, 5.74) is -1.56. The molecule has 1 amide bonds. The number of aryl methyl sites for hydroxylation is 1. The molecule has 5 nitrogen and oxygen atoms in total. The van der Waals surface area contributed by atoms with Crippen LogP contribution in [0.1, 0.15) is 30.4 Å². The number of hydrogen-bond acceptors (Lipinski definition) is 4. The number of benzene rings is 1. The molecule has 0 saturated carbocycles. The molecule has 1 aromatic carbocycles. The average Bonchev–Trinajstić information content (AvgIpc) is 2.98. The number of nitrogens with one attached hydrogen (secondary N) is 2. The topological polar surface area (TPSA) is 74.5 Å². The van der Waals surface area contributed by atoms with E-state index in [0.717, 1.165) is 11.6 Å². The van der Waals surface area contributed by atoms with Crippen LogP contribution >= 0.6 is 12.4 Å². The van der Waals surface area contributed by atoms with Crippen LogP contribution < -0.4 is 10.6 Å². The lowest BCUT2D eigenvalue weighted by molar-refractivity contribution is -0.274. The van der Waals surface area contributed by atoms with Gasteiger partial charge in [0.05, 0.1) is 0 Å². The van der Waals surface area contributed by atoms with Gasteiger partial charge in [0, 0.05) is 25.6 Å². The van der Waals surface area contributed by atoms with Crippen LogP contribution in [0.3, 0.4) is 0 Å². The third-order valence-electron chi connectivity index (χ3n) is 3.88. The molecule has 0 aliphatic heterocycles. The molecule has 0 spiro atoms. The molecule has 0 fully saturated rings. The lowest BCUT2D eigenvalue weighted by Crippen LogP contribution is -2.44. The number of rotatable bonds is 7. The van der Waals surface area contributed by atoms with E-state index in [0.29, 0.717) is 18.0 Å². The van der Waals surface area contributed by atoms with Gasteiger partial charge >= 0.3 is 6.18 Å². The van der Waals surface area contributed by atoms with Gasteiger partial charge < -0.3 is 20.2 Å². The van der Waals surface area contributed by atoms with Crippen LogP contribution in [-0.4, -0.2) is 23.7 Å². The van der Waals surface area contributed by atoms with E-state index in [1.165, 1.54) is 19.9 Å². The number of furan rings is 1. The summed E-state index contributed by atoms with van der Waals surface area (Å²) in [6, 6.07) is 9.44. The quantitative estimate of drug-likeness (QED) is 0.610. The Morgan fingerprint density at radius 3 is 2.26 bits per heavy atom. The third kappa shape index (κ3) is 5.98. The van der Waals surface area contributed by atoms with Gasteiger partial charge in [-0.25, -0.2) is 0 Å². The summed E-state index contributed by atoms with van der Waals surface area (Å²) in [7, 11) is 0. The molecule has 0 aliphatic carbocycles. The van der Waals surface area contributed by atoms with Crippen LogP contribution in [0.4, 0.5) is 18.9 Å². The predicted octanol–water partition coefficient (Wildman–Crippen LogP) is 3.90. The zero-order valence-electron chi connectivity index (χ0n) is 14.9. The fourth-order valence-electron chi connectivity index (χ4n) is 2.47. The molecule has 1 heterocycles. The second kappa shape index (κ2) is 9.25. The first kappa shape index (κ1) is 23.0. The minimum absolute atomic E-state index is 0. The van der Waals surface area contributed by atoms with Gasteiger partial charge in [0.1, 0.15) is 11.5 Å². The number of carbonyl (C=O) groups excluding carboxylic acids is 1. The maximum Gasteiger partial charge on any atom is 0.424 e. The first-order valence-electron chi connectivity index (χ1n) is 8.05. The molecule has 27 heavy (non-hydrogen) atoms. The first-order chi connectivity index (χ1) is 12.1. The van der Waals surface area contributed by atoms with E-state index in [4.69, 9.17) is 4.42 Å². The average molecular weight is 407 g/mol. The number of aliphatic hydroxyl groups is 1. The van der Waals surface area contributed by atoms with Gasteiger partial charge in [0.2, 0.25) is 11.5 Å². The van der Waals surface area contributed by atoms with Gasteiger partial charge in [-0.1, -0.05) is 12.1 Å². The van der Waals surface area contributed by atoms with Crippen LogP contribution in [0.2, 0.25) is 0 Å². The highest BCUT2D eigenvalue weighted by Gasteiger charge is 2.56. The minimum atomic E-state index is -4.85. The summed E-state index contributed by atoms with van der Waals surface area (Å²) < 4.78 is 45.0. The van der Waals surface area contributed by atoms with Crippen molar-refractivity contribution in [3.8, 4) is 0 Å². The Morgan fingerprint density at radius 1 is 1.15 bits per heavy atom. The maximum absolute atomic E-state index is 13.3. The highest BCUT2D eigenvalue weighted by atomic mass is 35.5. The fraction of sp³-hybridized carbons (Fsp3) is 0.389. The zero-order chi connectivity index (χ0) is 19.4. The van der Waals surface area contributed by atoms with Crippen molar-refractivity contribution in [1.82, 2.24) is 5.32 Å². The molecule has 0 radical (unpaired) electrons. The summed E-state index contributed by atoms with van der Waals surface area (Å²) in [6.07, 6.45) is -5.42. The Bertz CT molecular complexity index is 747. The maximum atomic E-state index is 13.3. The molecular weight excluding hydrogens is 385 g/mol. The third-order valence-corrected chi connectivity index (χ3v) is 3.88. The van der Waals surface area contributed by atoms with Crippen molar-refractivity contribution < 1.29 is 27.5 Å². The minimum Gasteiger partial charge on any atom is -0.463 e. The van der Waals surface area contributed by atoms with Crippen molar-refractivity contribution >= 4 is 24.0 Å². The summed E-state index contributed by atoms with van der Waals surface area (Å²) in [6.45, 7) is 3.18. The van der Waals surface area contributed by atoms with Gasteiger partial charge in [0.15, 0.2) is 0 Å². The molecule has 1 unspecified atom stereocenters. The van der Waals surface area contributed by atoms with E-state index in [-0.39, 0.29) is 24.9 Å². The number of anilines is 1. The number of carbonyl (C=O) groups is 1. The van der Waals surface area contributed by atoms with E-state index in [9.17, 15) is 23.1 Å². The fourth-order valence-corrected chi connectivity index (χ4v) is 2.47. The zero-order valence-corrected chi connectivity index (χ0v) is 15.7. The van der Waals surface area contributed by atoms with Crippen LogP contribution in [0.25, 0.3) is 0 Å². The molecule has 1 aromatic heterocycles. The van der Waals surface area contributed by atoms with Crippen molar-refractivity contribution in [2.75, 3.05) is 11.9 Å². The van der Waals surface area contributed by atoms with Gasteiger partial charge in [-0.3, -0.25) is 4.79 Å². The molecule has 1 atom stereocenters. The largest absolute Gasteiger partial charge is 0.463 e. The number of alkyl halides is 3. The first-order valence-corrected chi connectivity index (χ1v) is 8.05. The highest BCUT2D eigenvalue weighted by molar-refractivity contribution is 5.88. The van der Waals surface area contributed by atoms with Crippen LogP contribution in [-0.2, 0) is 16.9 Å². The Balaban J connectivity index is 0.00000364. The second-order valence-electron chi connectivity index (χ2n) is 6.07. The van der Waals surface area contributed by atoms with Crippen molar-refractivity contribution in [3.05, 3.63) is 53.5 Å². The summed E-state index contributed by atoms with van der Waals surface area (Å²) in [4.78, 5) is 11.0. The van der Waals surface area contributed by atoms with E-state index < -0.39 is 24.0 Å². The Hall–Kier alpha value is -2.03. The van der Waals surface area contributed by atoms with Crippen molar-refractivity contribution in [2.24, 2.45) is 0 Å². The van der Waals surface area contributed by atoms with E-state index in [1.54, 1.807) is 24.3 Å². The van der Waals surface area contributed by atoms with Crippen molar-refractivity contribution in [3.63, 3.8) is 0 Å². The molecule has 150 valence electrons. The monoisotopic (exact) mass is 406 g/mol. The highest BCUT2D eigenvalue weighted by Crippen LogP contribution is 2.42. The van der Waals surface area contributed by atoms with Gasteiger partial charge in [-0.05, 0) is 43.3 Å². The van der Waals surface area contributed by atoms with E-state index in [1.807, 2.05) is 0 Å². The molecule has 3 N–H and O–H groups in total. The molecule has 0 bridgehead atoms. The number of hydrogen-bond donors (Lipinski definition) is 3. The standard InChI is InChI=1S/C18H21F3N2O3.ClH/c1-12-3-8-16(26-12)17(25,18(19,20)21)9-10-22-11-14-4-6-15(7-5-14)23-13(2)24;/h3-8,22,25H,9-11H2,1-2H3,(H,23,24);1H. The molecule has 2 aromatic rings. The van der Waals surface area contributed by atoms with Gasteiger partial charge in [-0.15, -0.1) is 12.4 Å². The van der Waals surface area contributed by atoms with Crippen molar-refractivity contribution in [1.29, 1.82) is 0 Å². The normalized spacial score (nSPS) is 13.6. The van der Waals surface area contributed by atoms with Gasteiger partial charge in [0.25, 0.3) is 0 Å². The van der Waals surface area contributed by atoms with Gasteiger partial charge in [-0.2, -0.15) is 13.2 Å². The van der Waals surface area contributed by atoms with Crippen LogP contribution in [0.5, 0.6) is 0 Å². The number of halogens is 4. The SMILES string of the molecule is CC(=O)Nc1ccc(CNCCC(O)(c2ccc(C)o2)C(F)(F)F)cc1.Cl. The smallest absolute Gasteiger partial charge is 0.424 e. The summed E-state index contributed by atoms with van der Waals surface area (Å²) in [5, 5.41) is 15.7. The van der Waals surface area contributed by atoms with E-state index in [2.05, 4.69) is 10.6 Å². The summed E-state index contributed by atoms with van der Waals surface area (Å²) >= 11 is 0. The molecule has 0 aliphatic rings. The predicted molar refractivity (Wildman–Crippen MR) is 97.7 cm³/mol. The molecule has 0 saturated heterocycles. The van der Waals surface area contributed by atoms with Crippen LogP contribution in [0, 0.1) is 6.92 Å². The number of amides is 1. The van der Waals surface area contributed by atoms with E-state index >= 15 is 0 Å². The molecule has 2 rings (SSSR count). The molecular formula is C18H22ClF3N2O3. The molecule has 9 heteroatoms. The Kier molecular flexibility index (Phi) is 7.89. The van der Waals surface area contributed by atoms with Crippen molar-refractivity contribution in [2.45, 2.75) is 38.6 Å². The second-order valence-corrected chi connectivity index (χ2v) is 6.07. The Labute approximate surface area is 161 Å². The lowest BCUT2D eigenvalue weighted by atomic mass is 9.95. The summed E-state index contributed by atoms with van der Waals surface area (Å²) in [5.74, 6) is -0.394.